The van der Waals surface area contributed by atoms with Gasteiger partial charge in [-0.2, -0.15) is 0 Å². The molecule has 6 heteroatoms. The maximum Gasteiger partial charge on any atom is 0.266 e. The van der Waals surface area contributed by atoms with Crippen molar-refractivity contribution in [3.8, 4) is 0 Å². The molecule has 1 aliphatic rings. The average molecular weight is 274 g/mol. The van der Waals surface area contributed by atoms with Gasteiger partial charge in [-0.25, -0.2) is 4.98 Å². The number of amides is 1. The molecule has 0 saturated carbocycles. The Morgan fingerprint density at radius 2 is 2.37 bits per heavy atom. The van der Waals surface area contributed by atoms with E-state index in [1.807, 2.05) is 12.1 Å². The zero-order valence-corrected chi connectivity index (χ0v) is 11.1. The second-order valence-electron chi connectivity index (χ2n) is 4.40. The van der Waals surface area contributed by atoms with Gasteiger partial charge in [0.1, 0.15) is 0 Å². The number of thiophene rings is 1. The molecule has 2 N–H and O–H groups in total. The molecule has 1 saturated heterocycles. The highest BCUT2D eigenvalue weighted by Crippen LogP contribution is 2.29. The monoisotopic (exact) mass is 274 g/mol. The van der Waals surface area contributed by atoms with Crippen molar-refractivity contribution >= 4 is 23.1 Å². The van der Waals surface area contributed by atoms with Crippen LogP contribution in [0, 0.1) is 0 Å². The van der Waals surface area contributed by atoms with Gasteiger partial charge in [0.25, 0.3) is 5.91 Å². The van der Waals surface area contributed by atoms with Crippen LogP contribution in [0.1, 0.15) is 33.4 Å². The van der Waals surface area contributed by atoms with Crippen LogP contribution in [-0.4, -0.2) is 22.4 Å². The number of aromatic nitrogens is 2. The standard InChI is InChI=1S/C13H14N4OS/c18-13(17-12-8-14-6-7-16-12)11-4-3-10(19-11)9-2-1-5-15-9/h3-4,6-9,15H,1-2,5H2,(H,16,17,18)/t9-/m1/s1. The average Bonchev–Trinajstić information content (AvgIpc) is 3.11. The van der Waals surface area contributed by atoms with Crippen LogP contribution in [0.25, 0.3) is 0 Å². The van der Waals surface area contributed by atoms with E-state index in [4.69, 9.17) is 0 Å². The van der Waals surface area contributed by atoms with Crippen LogP contribution in [0.15, 0.2) is 30.7 Å². The number of anilines is 1. The van der Waals surface area contributed by atoms with Gasteiger partial charge in [0.15, 0.2) is 5.82 Å². The first-order valence-corrected chi connectivity index (χ1v) is 7.05. The molecular weight excluding hydrogens is 260 g/mol. The molecule has 1 aliphatic heterocycles. The minimum absolute atomic E-state index is 0.130. The van der Waals surface area contributed by atoms with Gasteiger partial charge in [0.05, 0.1) is 11.1 Å². The Morgan fingerprint density at radius 3 is 3.11 bits per heavy atom. The van der Waals surface area contributed by atoms with E-state index in [-0.39, 0.29) is 5.91 Å². The maximum absolute atomic E-state index is 12.1. The highest BCUT2D eigenvalue weighted by Gasteiger charge is 2.19. The molecule has 2 aromatic heterocycles. The molecular formula is C13H14N4OS. The van der Waals surface area contributed by atoms with Crippen molar-refractivity contribution in [2.45, 2.75) is 18.9 Å². The van der Waals surface area contributed by atoms with Crippen molar-refractivity contribution < 1.29 is 4.79 Å². The van der Waals surface area contributed by atoms with E-state index in [1.54, 1.807) is 12.4 Å². The fourth-order valence-corrected chi connectivity index (χ4v) is 3.14. The number of nitrogens with one attached hydrogen (secondary N) is 2. The fraction of sp³-hybridized carbons (Fsp3) is 0.308. The number of rotatable bonds is 3. The van der Waals surface area contributed by atoms with Crippen molar-refractivity contribution in [2.24, 2.45) is 0 Å². The minimum Gasteiger partial charge on any atom is -0.309 e. The summed E-state index contributed by atoms with van der Waals surface area (Å²) in [5, 5.41) is 6.17. The molecule has 1 amide bonds. The van der Waals surface area contributed by atoms with Gasteiger partial charge in [0.2, 0.25) is 0 Å². The van der Waals surface area contributed by atoms with Gasteiger partial charge >= 0.3 is 0 Å². The Kier molecular flexibility index (Phi) is 3.52. The molecule has 19 heavy (non-hydrogen) atoms. The lowest BCUT2D eigenvalue weighted by Gasteiger charge is -2.06. The predicted octanol–water partition coefficient (Wildman–Crippen LogP) is 2.21. The fourth-order valence-electron chi connectivity index (χ4n) is 2.13. The SMILES string of the molecule is O=C(Nc1cnccn1)c1ccc([C@H]2CCCN2)s1. The van der Waals surface area contributed by atoms with Crippen LogP contribution < -0.4 is 10.6 Å². The summed E-state index contributed by atoms with van der Waals surface area (Å²) in [5.74, 6) is 0.344. The van der Waals surface area contributed by atoms with E-state index in [2.05, 4.69) is 20.6 Å². The van der Waals surface area contributed by atoms with Gasteiger partial charge in [-0.3, -0.25) is 9.78 Å². The summed E-state index contributed by atoms with van der Waals surface area (Å²) in [6.07, 6.45) is 7.00. The molecule has 3 heterocycles. The Balaban J connectivity index is 1.70. The normalized spacial score (nSPS) is 18.4. The second-order valence-corrected chi connectivity index (χ2v) is 5.51. The van der Waals surface area contributed by atoms with Crippen molar-refractivity contribution in [2.75, 3.05) is 11.9 Å². The Labute approximate surface area is 115 Å². The predicted molar refractivity (Wildman–Crippen MR) is 74.3 cm³/mol. The third kappa shape index (κ3) is 2.80. The summed E-state index contributed by atoms with van der Waals surface area (Å²) in [4.78, 5) is 21.9. The van der Waals surface area contributed by atoms with Crippen LogP contribution in [-0.2, 0) is 0 Å². The number of carbonyl (C=O) groups is 1. The number of carbonyl (C=O) groups excluding carboxylic acids is 1. The van der Waals surface area contributed by atoms with Gasteiger partial charge in [-0.15, -0.1) is 11.3 Å². The molecule has 0 unspecified atom stereocenters. The number of hydrogen-bond donors (Lipinski definition) is 2. The summed E-state index contributed by atoms with van der Waals surface area (Å²) in [6, 6.07) is 4.30. The van der Waals surface area contributed by atoms with Gasteiger partial charge in [0, 0.05) is 23.3 Å². The minimum atomic E-state index is -0.130. The van der Waals surface area contributed by atoms with E-state index in [0.29, 0.717) is 16.7 Å². The molecule has 98 valence electrons. The van der Waals surface area contributed by atoms with E-state index in [9.17, 15) is 4.79 Å². The molecule has 0 bridgehead atoms. The Bertz CT molecular complexity index is 563. The Hall–Kier alpha value is -1.79. The van der Waals surface area contributed by atoms with Crippen LogP contribution in [0.3, 0.4) is 0 Å². The zero-order valence-electron chi connectivity index (χ0n) is 10.3. The van der Waals surface area contributed by atoms with E-state index in [1.165, 1.54) is 28.8 Å². The Morgan fingerprint density at radius 1 is 1.42 bits per heavy atom. The van der Waals surface area contributed by atoms with Gasteiger partial charge < -0.3 is 10.6 Å². The third-order valence-corrected chi connectivity index (χ3v) is 4.26. The third-order valence-electron chi connectivity index (χ3n) is 3.06. The van der Waals surface area contributed by atoms with Crippen LogP contribution in [0.4, 0.5) is 5.82 Å². The largest absolute Gasteiger partial charge is 0.309 e. The van der Waals surface area contributed by atoms with Crippen molar-refractivity contribution in [3.05, 3.63) is 40.5 Å². The molecule has 5 nitrogen and oxygen atoms in total. The first-order valence-electron chi connectivity index (χ1n) is 6.23. The molecule has 0 radical (unpaired) electrons. The number of nitrogens with zero attached hydrogens (tertiary/aromatic N) is 2. The lowest BCUT2D eigenvalue weighted by Crippen LogP contribution is -2.12. The summed E-state index contributed by atoms with van der Waals surface area (Å²) < 4.78 is 0. The van der Waals surface area contributed by atoms with Crippen molar-refractivity contribution in [1.82, 2.24) is 15.3 Å². The summed E-state index contributed by atoms with van der Waals surface area (Å²) in [6.45, 7) is 1.06. The molecule has 0 aliphatic carbocycles. The molecule has 0 aromatic carbocycles. The summed E-state index contributed by atoms with van der Waals surface area (Å²) in [7, 11) is 0. The highest BCUT2D eigenvalue weighted by molar-refractivity contribution is 7.14. The zero-order chi connectivity index (χ0) is 13.1. The van der Waals surface area contributed by atoms with Crippen molar-refractivity contribution in [3.63, 3.8) is 0 Å². The first kappa shape index (κ1) is 12.3. The maximum atomic E-state index is 12.1. The second kappa shape index (κ2) is 5.46. The van der Waals surface area contributed by atoms with Crippen LogP contribution in [0.5, 0.6) is 0 Å². The van der Waals surface area contributed by atoms with E-state index >= 15 is 0 Å². The van der Waals surface area contributed by atoms with Crippen LogP contribution >= 0.6 is 11.3 Å². The van der Waals surface area contributed by atoms with Gasteiger partial charge in [-0.05, 0) is 31.5 Å². The van der Waals surface area contributed by atoms with Crippen molar-refractivity contribution in [1.29, 1.82) is 0 Å². The van der Waals surface area contributed by atoms with Gasteiger partial charge in [-0.1, -0.05) is 0 Å². The van der Waals surface area contributed by atoms with E-state index in [0.717, 1.165) is 13.0 Å². The smallest absolute Gasteiger partial charge is 0.266 e. The molecule has 3 rings (SSSR count). The summed E-state index contributed by atoms with van der Waals surface area (Å²) >= 11 is 1.53. The molecule has 2 aromatic rings. The molecule has 0 spiro atoms. The number of hydrogen-bond acceptors (Lipinski definition) is 5. The summed E-state index contributed by atoms with van der Waals surface area (Å²) in [5.41, 5.74) is 0. The molecule has 1 atom stereocenters. The lowest BCUT2D eigenvalue weighted by molar-refractivity contribution is 0.103. The van der Waals surface area contributed by atoms with Crippen LogP contribution in [0.2, 0.25) is 0 Å². The first-order chi connectivity index (χ1) is 9.33. The highest BCUT2D eigenvalue weighted by atomic mass is 32.1. The quantitative estimate of drug-likeness (QED) is 0.900. The topological polar surface area (TPSA) is 66.9 Å². The molecule has 1 fully saturated rings. The van der Waals surface area contributed by atoms with E-state index < -0.39 is 0 Å². The lowest BCUT2D eigenvalue weighted by atomic mass is 10.2.